The fourth-order valence-corrected chi connectivity index (χ4v) is 3.72. The van der Waals surface area contributed by atoms with Gasteiger partial charge in [0, 0.05) is 10.5 Å². The highest BCUT2D eigenvalue weighted by Crippen LogP contribution is 2.31. The number of nitrogens with one attached hydrogen (secondary N) is 1. The van der Waals surface area contributed by atoms with Gasteiger partial charge in [0.15, 0.2) is 0 Å². The fourth-order valence-electron chi connectivity index (χ4n) is 2.97. The molecule has 0 spiro atoms. The van der Waals surface area contributed by atoms with Crippen molar-refractivity contribution in [3.63, 3.8) is 0 Å². The molecule has 1 heterocycles. The Bertz CT molecular complexity index is 379. The predicted molar refractivity (Wildman–Crippen MR) is 82.2 cm³/mol. The van der Waals surface area contributed by atoms with E-state index in [0.717, 1.165) is 0 Å². The summed E-state index contributed by atoms with van der Waals surface area (Å²) in [5.41, 5.74) is 2.93. The second-order valence-corrected chi connectivity index (χ2v) is 6.22. The monoisotopic (exact) mass is 309 g/mol. The molecule has 0 saturated carbocycles. The van der Waals surface area contributed by atoms with Crippen molar-refractivity contribution < 1.29 is 0 Å². The summed E-state index contributed by atoms with van der Waals surface area (Å²) in [6, 6.07) is 7.66. The lowest BCUT2D eigenvalue weighted by Crippen LogP contribution is -2.23. The van der Waals surface area contributed by atoms with E-state index in [-0.39, 0.29) is 0 Å². The van der Waals surface area contributed by atoms with Gasteiger partial charge in [0.2, 0.25) is 0 Å². The molecule has 1 aliphatic heterocycles. The van der Waals surface area contributed by atoms with Crippen LogP contribution < -0.4 is 5.32 Å². The summed E-state index contributed by atoms with van der Waals surface area (Å²) < 4.78 is 1.30. The number of rotatable bonds is 5. The fraction of sp³-hybridized carbons (Fsp3) is 0.625. The van der Waals surface area contributed by atoms with Gasteiger partial charge in [0.25, 0.3) is 0 Å². The molecule has 2 rings (SSSR count). The zero-order valence-corrected chi connectivity index (χ0v) is 13.1. The van der Waals surface area contributed by atoms with Crippen molar-refractivity contribution in [1.82, 2.24) is 5.32 Å². The average molecular weight is 310 g/mol. The van der Waals surface area contributed by atoms with Crippen molar-refractivity contribution in [3.05, 3.63) is 33.8 Å². The second kappa shape index (κ2) is 6.72. The molecule has 1 saturated heterocycles. The summed E-state index contributed by atoms with van der Waals surface area (Å²) in [6.07, 6.45) is 6.27. The van der Waals surface area contributed by atoms with Crippen molar-refractivity contribution in [2.24, 2.45) is 0 Å². The van der Waals surface area contributed by atoms with Crippen LogP contribution >= 0.6 is 15.9 Å². The van der Waals surface area contributed by atoms with Gasteiger partial charge in [0.1, 0.15) is 0 Å². The van der Waals surface area contributed by atoms with E-state index in [4.69, 9.17) is 0 Å². The Morgan fingerprint density at radius 1 is 1.33 bits per heavy atom. The minimum atomic E-state index is 0.691. The highest BCUT2D eigenvalue weighted by atomic mass is 79.9. The lowest BCUT2D eigenvalue weighted by Gasteiger charge is -2.17. The quantitative estimate of drug-likeness (QED) is 0.835. The van der Waals surface area contributed by atoms with Gasteiger partial charge < -0.3 is 5.32 Å². The topological polar surface area (TPSA) is 12.0 Å². The molecule has 1 nitrogen and oxygen atoms in total. The van der Waals surface area contributed by atoms with Crippen LogP contribution in [0, 0.1) is 0 Å². The predicted octanol–water partition coefficient (Wildman–Crippen LogP) is 4.65. The zero-order chi connectivity index (χ0) is 13.0. The molecule has 1 aliphatic rings. The third-order valence-electron chi connectivity index (χ3n) is 4.13. The Balaban J connectivity index is 2.08. The maximum absolute atomic E-state index is 3.76. The van der Waals surface area contributed by atoms with Crippen molar-refractivity contribution in [2.45, 2.75) is 57.9 Å². The molecule has 0 bridgehead atoms. The van der Waals surface area contributed by atoms with Crippen LogP contribution in [0.25, 0.3) is 0 Å². The Morgan fingerprint density at radius 2 is 2.11 bits per heavy atom. The summed E-state index contributed by atoms with van der Waals surface area (Å²) in [5.74, 6) is 0.693. The summed E-state index contributed by atoms with van der Waals surface area (Å²) in [4.78, 5) is 0. The van der Waals surface area contributed by atoms with E-state index in [2.05, 4.69) is 53.3 Å². The molecule has 0 aromatic heterocycles. The van der Waals surface area contributed by atoms with Gasteiger partial charge in [-0.2, -0.15) is 0 Å². The molecule has 1 N–H and O–H groups in total. The van der Waals surface area contributed by atoms with E-state index in [9.17, 15) is 0 Å². The van der Waals surface area contributed by atoms with Crippen molar-refractivity contribution in [2.75, 3.05) is 6.54 Å². The molecular weight excluding hydrogens is 286 g/mol. The van der Waals surface area contributed by atoms with Crippen LogP contribution in [0.3, 0.4) is 0 Å². The number of hydrogen-bond acceptors (Lipinski definition) is 1. The average Bonchev–Trinajstić information content (AvgIpc) is 2.86. The summed E-state index contributed by atoms with van der Waals surface area (Å²) in [5, 5.41) is 3.57. The minimum Gasteiger partial charge on any atom is -0.314 e. The molecular formula is C16H24BrN. The molecule has 1 aromatic carbocycles. The molecule has 18 heavy (non-hydrogen) atoms. The van der Waals surface area contributed by atoms with E-state index in [1.165, 1.54) is 54.2 Å². The molecule has 0 aliphatic carbocycles. The summed E-state index contributed by atoms with van der Waals surface area (Å²) in [6.45, 7) is 5.74. The van der Waals surface area contributed by atoms with E-state index in [1.807, 2.05) is 0 Å². The molecule has 1 unspecified atom stereocenters. The first-order chi connectivity index (χ1) is 8.74. The number of halogens is 1. The molecule has 1 fully saturated rings. The summed E-state index contributed by atoms with van der Waals surface area (Å²) >= 11 is 3.76. The Labute approximate surface area is 119 Å². The molecule has 1 atom stereocenters. The maximum atomic E-state index is 3.76. The van der Waals surface area contributed by atoms with E-state index in [0.29, 0.717) is 12.0 Å². The van der Waals surface area contributed by atoms with Gasteiger partial charge in [-0.3, -0.25) is 0 Å². The van der Waals surface area contributed by atoms with Crippen LogP contribution in [-0.2, 0) is 6.42 Å². The summed E-state index contributed by atoms with van der Waals surface area (Å²) in [7, 11) is 0. The van der Waals surface area contributed by atoms with E-state index < -0.39 is 0 Å². The minimum absolute atomic E-state index is 0.691. The van der Waals surface area contributed by atoms with Crippen molar-refractivity contribution in [3.8, 4) is 0 Å². The molecule has 100 valence electrons. The maximum Gasteiger partial charge on any atom is 0.0212 e. The second-order valence-electron chi connectivity index (χ2n) is 5.37. The van der Waals surface area contributed by atoms with Gasteiger partial charge in [-0.05, 0) is 61.8 Å². The van der Waals surface area contributed by atoms with Crippen LogP contribution in [0.2, 0.25) is 0 Å². The smallest absolute Gasteiger partial charge is 0.0212 e. The first-order valence-corrected chi connectivity index (χ1v) is 8.05. The van der Waals surface area contributed by atoms with Gasteiger partial charge >= 0.3 is 0 Å². The third kappa shape index (κ3) is 3.36. The van der Waals surface area contributed by atoms with Crippen LogP contribution in [0.4, 0.5) is 0 Å². The lowest BCUT2D eigenvalue weighted by atomic mass is 9.92. The van der Waals surface area contributed by atoms with Crippen LogP contribution in [0.15, 0.2) is 22.7 Å². The van der Waals surface area contributed by atoms with Gasteiger partial charge in [-0.15, -0.1) is 0 Å². The first-order valence-electron chi connectivity index (χ1n) is 7.26. The lowest BCUT2D eigenvalue weighted by molar-refractivity contribution is 0.601. The molecule has 0 radical (unpaired) electrons. The molecule has 2 heteroatoms. The third-order valence-corrected chi connectivity index (χ3v) is 4.82. The van der Waals surface area contributed by atoms with E-state index >= 15 is 0 Å². The standard InChI is InChI=1S/C16H24BrN/c1-3-13(4-2)15-8-7-12(11-16(15)17)10-14-6-5-9-18-14/h7-8,11,13-14,18H,3-6,9-10H2,1-2H3. The normalized spacial score (nSPS) is 19.7. The highest BCUT2D eigenvalue weighted by molar-refractivity contribution is 9.10. The first kappa shape index (κ1) is 14.1. The van der Waals surface area contributed by atoms with Crippen molar-refractivity contribution >= 4 is 15.9 Å². The van der Waals surface area contributed by atoms with Crippen LogP contribution in [-0.4, -0.2) is 12.6 Å². The molecule has 0 amide bonds. The van der Waals surface area contributed by atoms with Crippen LogP contribution in [0.1, 0.15) is 56.6 Å². The van der Waals surface area contributed by atoms with E-state index in [1.54, 1.807) is 0 Å². The Morgan fingerprint density at radius 3 is 2.67 bits per heavy atom. The highest BCUT2D eigenvalue weighted by Gasteiger charge is 2.16. The van der Waals surface area contributed by atoms with Crippen LogP contribution in [0.5, 0.6) is 0 Å². The van der Waals surface area contributed by atoms with Crippen molar-refractivity contribution in [1.29, 1.82) is 0 Å². The number of hydrogen-bond donors (Lipinski definition) is 1. The van der Waals surface area contributed by atoms with Gasteiger partial charge in [-0.1, -0.05) is 41.9 Å². The van der Waals surface area contributed by atoms with Gasteiger partial charge in [-0.25, -0.2) is 0 Å². The Kier molecular flexibility index (Phi) is 5.25. The SMILES string of the molecule is CCC(CC)c1ccc(CC2CCCN2)cc1Br. The van der Waals surface area contributed by atoms with Gasteiger partial charge in [0.05, 0.1) is 0 Å². The largest absolute Gasteiger partial charge is 0.314 e. The molecule has 1 aromatic rings. The Hall–Kier alpha value is -0.340. The number of benzene rings is 1. The zero-order valence-electron chi connectivity index (χ0n) is 11.5.